The Labute approximate surface area is 124 Å². The minimum Gasteiger partial charge on any atom is -0.340 e. The molecule has 1 N–H and O–H groups in total. The Morgan fingerprint density at radius 2 is 2.00 bits per heavy atom. The molecule has 1 aromatic rings. The van der Waals surface area contributed by atoms with Crippen LogP contribution in [0.1, 0.15) is 18.4 Å². The van der Waals surface area contributed by atoms with Gasteiger partial charge in [-0.2, -0.15) is 0 Å². The molecule has 0 aromatic heterocycles. The van der Waals surface area contributed by atoms with Gasteiger partial charge in [0, 0.05) is 31.7 Å². The van der Waals surface area contributed by atoms with Gasteiger partial charge >= 0.3 is 0 Å². The first kappa shape index (κ1) is 14.1. The van der Waals surface area contributed by atoms with E-state index < -0.39 is 0 Å². The molecule has 0 unspecified atom stereocenters. The van der Waals surface area contributed by atoms with Crippen molar-refractivity contribution in [3.8, 4) is 0 Å². The van der Waals surface area contributed by atoms with E-state index in [4.69, 9.17) is 0 Å². The number of fused-ring (bicyclic) bond motifs is 1. The van der Waals surface area contributed by atoms with Crippen LogP contribution in [0.4, 0.5) is 5.69 Å². The first-order chi connectivity index (χ1) is 10.3. The summed E-state index contributed by atoms with van der Waals surface area (Å²) in [6.45, 7) is 3.44. The third kappa shape index (κ3) is 3.08. The van der Waals surface area contributed by atoms with Gasteiger partial charge in [-0.3, -0.25) is 9.59 Å². The summed E-state index contributed by atoms with van der Waals surface area (Å²) >= 11 is 0. The molecule has 112 valence electrons. The van der Waals surface area contributed by atoms with Crippen molar-refractivity contribution < 1.29 is 9.59 Å². The molecule has 0 radical (unpaired) electrons. The van der Waals surface area contributed by atoms with E-state index in [1.165, 1.54) is 0 Å². The van der Waals surface area contributed by atoms with Gasteiger partial charge in [-0.05, 0) is 31.0 Å². The Hall–Kier alpha value is -1.88. The van der Waals surface area contributed by atoms with E-state index in [-0.39, 0.29) is 18.4 Å². The highest BCUT2D eigenvalue weighted by atomic mass is 16.2. The number of carbonyl (C=O) groups excluding carboxylic acids is 2. The Morgan fingerprint density at radius 1 is 1.14 bits per heavy atom. The van der Waals surface area contributed by atoms with E-state index >= 15 is 0 Å². The molecule has 0 saturated carbocycles. The normalized spacial score (nSPS) is 19.1. The molecule has 1 aromatic carbocycles. The third-order valence-electron chi connectivity index (χ3n) is 4.18. The average Bonchev–Trinajstić information content (AvgIpc) is 2.79. The predicted molar refractivity (Wildman–Crippen MR) is 81.2 cm³/mol. The lowest BCUT2D eigenvalue weighted by molar-refractivity contribution is -0.131. The Balaban J connectivity index is 1.74. The van der Waals surface area contributed by atoms with Gasteiger partial charge < -0.3 is 15.1 Å². The van der Waals surface area contributed by atoms with E-state index in [1.54, 1.807) is 4.90 Å². The Morgan fingerprint density at radius 3 is 2.90 bits per heavy atom. The number of anilines is 1. The maximum absolute atomic E-state index is 12.5. The minimum atomic E-state index is 0.0451. The maximum Gasteiger partial charge on any atom is 0.242 e. The Kier molecular flexibility index (Phi) is 4.20. The monoisotopic (exact) mass is 287 g/mol. The number of aryl methyl sites for hydroxylation is 1. The Bertz CT molecular complexity index is 536. The van der Waals surface area contributed by atoms with Crippen LogP contribution in [-0.2, 0) is 16.0 Å². The van der Waals surface area contributed by atoms with Crippen LogP contribution in [0.25, 0.3) is 0 Å². The van der Waals surface area contributed by atoms with Crippen molar-refractivity contribution in [3.63, 3.8) is 0 Å². The lowest BCUT2D eigenvalue weighted by Gasteiger charge is -2.31. The number of hydrogen-bond donors (Lipinski definition) is 1. The fourth-order valence-corrected chi connectivity index (χ4v) is 3.00. The third-order valence-corrected chi connectivity index (χ3v) is 4.18. The molecule has 1 saturated heterocycles. The topological polar surface area (TPSA) is 52.7 Å². The average molecular weight is 287 g/mol. The molecule has 0 atom stereocenters. The summed E-state index contributed by atoms with van der Waals surface area (Å²) in [7, 11) is 0. The predicted octanol–water partition coefficient (Wildman–Crippen LogP) is 0.788. The first-order valence-electron chi connectivity index (χ1n) is 7.62. The van der Waals surface area contributed by atoms with E-state index in [0.29, 0.717) is 6.42 Å². The van der Waals surface area contributed by atoms with Gasteiger partial charge in [0.1, 0.15) is 6.54 Å². The van der Waals surface area contributed by atoms with Crippen molar-refractivity contribution in [1.29, 1.82) is 0 Å². The highest BCUT2D eigenvalue weighted by Crippen LogP contribution is 2.27. The van der Waals surface area contributed by atoms with E-state index in [2.05, 4.69) is 5.32 Å². The van der Waals surface area contributed by atoms with E-state index in [9.17, 15) is 9.59 Å². The molecule has 2 aliphatic heterocycles. The van der Waals surface area contributed by atoms with Crippen LogP contribution in [0, 0.1) is 0 Å². The van der Waals surface area contributed by atoms with Crippen LogP contribution in [0.3, 0.4) is 0 Å². The van der Waals surface area contributed by atoms with Crippen molar-refractivity contribution in [2.45, 2.75) is 19.3 Å². The zero-order valence-electron chi connectivity index (χ0n) is 12.2. The van der Waals surface area contributed by atoms with Crippen LogP contribution < -0.4 is 10.2 Å². The summed E-state index contributed by atoms with van der Waals surface area (Å²) in [4.78, 5) is 28.2. The quantitative estimate of drug-likeness (QED) is 0.875. The number of rotatable bonds is 2. The molecule has 2 amide bonds. The summed E-state index contributed by atoms with van der Waals surface area (Å²) in [6, 6.07) is 7.87. The molecule has 21 heavy (non-hydrogen) atoms. The lowest BCUT2D eigenvalue weighted by Crippen LogP contribution is -2.45. The fourth-order valence-electron chi connectivity index (χ4n) is 3.00. The molecular weight excluding hydrogens is 266 g/mol. The summed E-state index contributed by atoms with van der Waals surface area (Å²) in [6.07, 6.45) is 2.23. The summed E-state index contributed by atoms with van der Waals surface area (Å²) in [5.74, 6) is 0.0961. The summed E-state index contributed by atoms with van der Waals surface area (Å²) in [5, 5.41) is 3.29. The van der Waals surface area contributed by atoms with Gasteiger partial charge in [0.25, 0.3) is 0 Å². The van der Waals surface area contributed by atoms with Gasteiger partial charge in [0.2, 0.25) is 11.8 Å². The molecular formula is C16H21N3O2. The number of nitrogens with one attached hydrogen (secondary N) is 1. The second kappa shape index (κ2) is 6.26. The zero-order valence-corrected chi connectivity index (χ0v) is 12.2. The van der Waals surface area contributed by atoms with Crippen molar-refractivity contribution in [1.82, 2.24) is 10.2 Å². The van der Waals surface area contributed by atoms with Gasteiger partial charge in [-0.25, -0.2) is 0 Å². The number of amides is 2. The van der Waals surface area contributed by atoms with Crippen molar-refractivity contribution in [2.75, 3.05) is 37.6 Å². The van der Waals surface area contributed by atoms with E-state index in [0.717, 1.165) is 50.3 Å². The highest BCUT2D eigenvalue weighted by Gasteiger charge is 2.27. The molecule has 5 heteroatoms. The van der Waals surface area contributed by atoms with Crippen molar-refractivity contribution >= 4 is 17.5 Å². The lowest BCUT2D eigenvalue weighted by atomic mass is 10.0. The number of nitrogens with zero attached hydrogens (tertiary/aromatic N) is 2. The number of carbonyl (C=O) groups is 2. The van der Waals surface area contributed by atoms with Gasteiger partial charge in [-0.1, -0.05) is 18.2 Å². The largest absolute Gasteiger partial charge is 0.340 e. The van der Waals surface area contributed by atoms with Crippen LogP contribution in [0.2, 0.25) is 0 Å². The molecule has 2 aliphatic rings. The van der Waals surface area contributed by atoms with Crippen LogP contribution in [-0.4, -0.2) is 49.4 Å². The molecule has 2 heterocycles. The van der Waals surface area contributed by atoms with Crippen LogP contribution >= 0.6 is 0 Å². The molecule has 1 fully saturated rings. The minimum absolute atomic E-state index is 0.0451. The second-order valence-corrected chi connectivity index (χ2v) is 5.59. The zero-order chi connectivity index (χ0) is 14.7. The first-order valence-corrected chi connectivity index (χ1v) is 7.62. The van der Waals surface area contributed by atoms with Crippen LogP contribution in [0.15, 0.2) is 24.3 Å². The highest BCUT2D eigenvalue weighted by molar-refractivity contribution is 6.01. The summed E-state index contributed by atoms with van der Waals surface area (Å²) in [5.41, 5.74) is 2.05. The van der Waals surface area contributed by atoms with Gasteiger partial charge in [-0.15, -0.1) is 0 Å². The standard InChI is InChI=1S/C16H21N3O2/c20-15-7-6-13-4-1-2-5-14(13)19(15)12-16(21)18-10-3-8-17-9-11-18/h1-2,4-5,17H,3,6-12H2. The maximum atomic E-state index is 12.5. The molecule has 3 rings (SSSR count). The molecule has 0 spiro atoms. The molecule has 0 bridgehead atoms. The summed E-state index contributed by atoms with van der Waals surface area (Å²) < 4.78 is 0. The number of benzene rings is 1. The number of hydrogen-bond acceptors (Lipinski definition) is 3. The number of para-hydroxylation sites is 1. The van der Waals surface area contributed by atoms with Crippen molar-refractivity contribution in [3.05, 3.63) is 29.8 Å². The van der Waals surface area contributed by atoms with Gasteiger partial charge in [0.05, 0.1) is 0 Å². The van der Waals surface area contributed by atoms with Gasteiger partial charge in [0.15, 0.2) is 0 Å². The fraction of sp³-hybridized carbons (Fsp3) is 0.500. The molecule has 0 aliphatic carbocycles. The second-order valence-electron chi connectivity index (χ2n) is 5.59. The SMILES string of the molecule is O=C(CN1C(=O)CCc2ccccc21)N1CCCNCC1. The van der Waals surface area contributed by atoms with E-state index in [1.807, 2.05) is 29.2 Å². The van der Waals surface area contributed by atoms with Crippen LogP contribution in [0.5, 0.6) is 0 Å². The van der Waals surface area contributed by atoms with Crippen molar-refractivity contribution in [2.24, 2.45) is 0 Å². The molecule has 5 nitrogen and oxygen atoms in total. The smallest absolute Gasteiger partial charge is 0.242 e.